The maximum absolute atomic E-state index is 13.3. The van der Waals surface area contributed by atoms with Crippen molar-refractivity contribution in [3.8, 4) is 0 Å². The number of aliphatic hydroxyl groups is 2. The van der Waals surface area contributed by atoms with Gasteiger partial charge in [0, 0.05) is 11.9 Å². The highest BCUT2D eigenvalue weighted by atomic mass is 35.5. The first kappa shape index (κ1) is 25.6. The molecule has 0 unspecified atom stereocenters. The minimum absolute atomic E-state index is 0.0945. The van der Waals surface area contributed by atoms with Gasteiger partial charge in [-0.25, -0.2) is 4.39 Å². The molecule has 1 heterocycles. The fraction of sp³-hybridized carbons (Fsp3) is 0.375. The van der Waals surface area contributed by atoms with Crippen LogP contribution in [0.4, 0.5) is 4.39 Å². The first-order valence-corrected chi connectivity index (χ1v) is 11.2. The number of amides is 2. The number of rotatable bonds is 8. The van der Waals surface area contributed by atoms with Crippen molar-refractivity contribution in [2.45, 2.75) is 39.5 Å². The topological polar surface area (TPSA) is 116 Å². The first-order chi connectivity index (χ1) is 16.0. The number of carbonyl (C=O) groups is 2. The van der Waals surface area contributed by atoms with E-state index in [9.17, 15) is 19.1 Å². The maximum Gasteiger partial charge on any atom is 0.273 e. The fourth-order valence-corrected chi connectivity index (χ4v) is 3.77. The summed E-state index contributed by atoms with van der Waals surface area (Å²) in [7, 11) is 0. The van der Waals surface area contributed by atoms with Crippen molar-refractivity contribution >= 4 is 34.3 Å². The number of hydrogen-bond acceptors (Lipinski definition) is 5. The zero-order valence-corrected chi connectivity index (χ0v) is 19.9. The molecule has 8 nitrogen and oxygen atoms in total. The van der Waals surface area contributed by atoms with Crippen molar-refractivity contribution < 1.29 is 24.2 Å². The van der Waals surface area contributed by atoms with Crippen LogP contribution in [0, 0.1) is 11.2 Å². The molecule has 3 aromatic rings. The van der Waals surface area contributed by atoms with Gasteiger partial charge in [-0.2, -0.15) is 5.10 Å². The number of fused-ring (bicyclic) bond motifs is 1. The molecule has 34 heavy (non-hydrogen) atoms. The number of para-hydroxylation sites is 1. The lowest BCUT2D eigenvalue weighted by molar-refractivity contribution is -0.125. The van der Waals surface area contributed by atoms with Gasteiger partial charge in [-0.3, -0.25) is 14.3 Å². The number of nitrogens with one attached hydrogen (secondary N) is 2. The standard InChI is InChI=1S/C24H28ClFN4O4/c1-24(2,3)21(23(34)27-11-16(32)13-31)28-22(33)19-17-5-4-6-18(25)20(17)30(29-19)12-14-7-9-15(26)10-8-14/h4-10,16,21,31-32H,11-13H2,1-3H3,(H,27,34)(H,28,33)/t16-,21-/m1/s1. The Kier molecular flexibility index (Phi) is 7.91. The summed E-state index contributed by atoms with van der Waals surface area (Å²) in [5.74, 6) is -1.42. The van der Waals surface area contributed by atoms with E-state index in [1.54, 1.807) is 55.8 Å². The van der Waals surface area contributed by atoms with Crippen molar-refractivity contribution in [3.05, 3.63) is 64.6 Å². The predicted octanol–water partition coefficient (Wildman–Crippen LogP) is 2.49. The molecule has 0 aliphatic carbocycles. The molecule has 3 rings (SSSR count). The van der Waals surface area contributed by atoms with Crippen LogP contribution in [0.3, 0.4) is 0 Å². The minimum Gasteiger partial charge on any atom is -0.394 e. The third-order valence-corrected chi connectivity index (χ3v) is 5.61. The van der Waals surface area contributed by atoms with Gasteiger partial charge in [-0.15, -0.1) is 0 Å². The molecule has 0 radical (unpaired) electrons. The molecule has 0 bridgehead atoms. The van der Waals surface area contributed by atoms with Gasteiger partial charge in [0.1, 0.15) is 11.9 Å². The number of halogens is 2. The minimum atomic E-state index is -1.10. The smallest absolute Gasteiger partial charge is 0.273 e. The van der Waals surface area contributed by atoms with Crippen LogP contribution in [0.1, 0.15) is 36.8 Å². The largest absolute Gasteiger partial charge is 0.394 e. The van der Waals surface area contributed by atoms with Gasteiger partial charge in [0.25, 0.3) is 5.91 Å². The summed E-state index contributed by atoms with van der Waals surface area (Å²) >= 11 is 6.42. The lowest BCUT2D eigenvalue weighted by Crippen LogP contribution is -2.54. The van der Waals surface area contributed by atoms with Crippen molar-refractivity contribution in [1.29, 1.82) is 0 Å². The zero-order chi connectivity index (χ0) is 25.0. The van der Waals surface area contributed by atoms with Gasteiger partial charge >= 0.3 is 0 Å². The average molecular weight is 491 g/mol. The third kappa shape index (κ3) is 5.91. The number of nitrogens with zero attached hydrogens (tertiary/aromatic N) is 2. The molecule has 0 spiro atoms. The van der Waals surface area contributed by atoms with E-state index in [0.717, 1.165) is 5.56 Å². The van der Waals surface area contributed by atoms with Gasteiger partial charge in [-0.05, 0) is 29.2 Å². The van der Waals surface area contributed by atoms with Crippen LogP contribution in [-0.2, 0) is 11.3 Å². The highest BCUT2D eigenvalue weighted by molar-refractivity contribution is 6.35. The summed E-state index contributed by atoms with van der Waals surface area (Å²) in [5.41, 5.74) is 0.749. The van der Waals surface area contributed by atoms with Crippen LogP contribution in [0.5, 0.6) is 0 Å². The molecular weight excluding hydrogens is 463 g/mol. The summed E-state index contributed by atoms with van der Waals surface area (Å²) < 4.78 is 14.9. The number of hydrogen-bond donors (Lipinski definition) is 4. The lowest BCUT2D eigenvalue weighted by Gasteiger charge is -2.30. The van der Waals surface area contributed by atoms with Crippen LogP contribution in [0.15, 0.2) is 42.5 Å². The molecule has 4 N–H and O–H groups in total. The monoisotopic (exact) mass is 490 g/mol. The normalized spacial score (nSPS) is 13.5. The first-order valence-electron chi connectivity index (χ1n) is 10.8. The fourth-order valence-electron chi connectivity index (χ4n) is 3.50. The molecule has 10 heteroatoms. The van der Waals surface area contributed by atoms with Crippen LogP contribution >= 0.6 is 11.6 Å². The number of benzene rings is 2. The molecule has 2 amide bonds. The van der Waals surface area contributed by atoms with Crippen LogP contribution < -0.4 is 10.6 Å². The molecule has 2 aromatic carbocycles. The Hall–Kier alpha value is -3.01. The quantitative estimate of drug-likeness (QED) is 0.387. The summed E-state index contributed by atoms with van der Waals surface area (Å²) in [6, 6.07) is 10.1. The number of aromatic nitrogens is 2. The van der Waals surface area contributed by atoms with Gasteiger partial charge in [-0.1, -0.05) is 56.6 Å². The number of aliphatic hydroxyl groups excluding tert-OH is 2. The second kappa shape index (κ2) is 10.5. The zero-order valence-electron chi connectivity index (χ0n) is 19.2. The molecule has 0 saturated heterocycles. The van der Waals surface area contributed by atoms with E-state index in [0.29, 0.717) is 15.9 Å². The van der Waals surface area contributed by atoms with Crippen molar-refractivity contribution in [1.82, 2.24) is 20.4 Å². The van der Waals surface area contributed by atoms with E-state index in [4.69, 9.17) is 16.7 Å². The van der Waals surface area contributed by atoms with Crippen LogP contribution in [0.25, 0.3) is 10.9 Å². The van der Waals surface area contributed by atoms with Gasteiger partial charge < -0.3 is 20.8 Å². The molecule has 0 fully saturated rings. The Morgan fingerprint density at radius 2 is 1.85 bits per heavy atom. The lowest BCUT2D eigenvalue weighted by atomic mass is 9.86. The summed E-state index contributed by atoms with van der Waals surface area (Å²) in [6.07, 6.45) is -1.10. The SMILES string of the molecule is CC(C)(C)[C@H](NC(=O)c1nn(Cc2ccc(F)cc2)c2c(Cl)cccc12)C(=O)NC[C@@H](O)CO. The molecule has 0 saturated carbocycles. The van der Waals surface area contributed by atoms with Gasteiger partial charge in [0.05, 0.1) is 29.8 Å². The maximum atomic E-state index is 13.3. The highest BCUT2D eigenvalue weighted by Gasteiger charge is 2.34. The molecule has 182 valence electrons. The second-order valence-corrected chi connectivity index (χ2v) is 9.53. The second-order valence-electron chi connectivity index (χ2n) is 9.12. The van der Waals surface area contributed by atoms with Crippen LogP contribution in [0.2, 0.25) is 5.02 Å². The Labute approximate surface area is 201 Å². The molecule has 0 aliphatic rings. The Morgan fingerprint density at radius 1 is 1.18 bits per heavy atom. The van der Waals surface area contributed by atoms with E-state index in [-0.39, 0.29) is 24.6 Å². The average Bonchev–Trinajstić information content (AvgIpc) is 3.15. The Bertz CT molecular complexity index is 1170. The summed E-state index contributed by atoms with van der Waals surface area (Å²) in [6.45, 7) is 5.00. The van der Waals surface area contributed by atoms with Gasteiger partial charge in [0.2, 0.25) is 5.91 Å². The number of carbonyl (C=O) groups excluding carboxylic acids is 2. The van der Waals surface area contributed by atoms with E-state index in [1.807, 2.05) is 0 Å². The van der Waals surface area contributed by atoms with E-state index in [1.165, 1.54) is 12.1 Å². The van der Waals surface area contributed by atoms with Crippen molar-refractivity contribution in [2.75, 3.05) is 13.2 Å². The van der Waals surface area contributed by atoms with Crippen LogP contribution in [-0.4, -0.2) is 57.1 Å². The van der Waals surface area contributed by atoms with Crippen molar-refractivity contribution in [3.63, 3.8) is 0 Å². The summed E-state index contributed by atoms with van der Waals surface area (Å²) in [4.78, 5) is 26.1. The Morgan fingerprint density at radius 3 is 2.47 bits per heavy atom. The molecule has 2 atom stereocenters. The predicted molar refractivity (Wildman–Crippen MR) is 127 cm³/mol. The molecule has 1 aromatic heterocycles. The third-order valence-electron chi connectivity index (χ3n) is 5.31. The van der Waals surface area contributed by atoms with E-state index < -0.39 is 36.0 Å². The molecule has 0 aliphatic heterocycles. The Balaban J connectivity index is 1.92. The van der Waals surface area contributed by atoms with E-state index in [2.05, 4.69) is 15.7 Å². The van der Waals surface area contributed by atoms with E-state index >= 15 is 0 Å². The van der Waals surface area contributed by atoms with Gasteiger partial charge in [0.15, 0.2) is 5.69 Å². The summed E-state index contributed by atoms with van der Waals surface area (Å²) in [5, 5.41) is 29.2. The van der Waals surface area contributed by atoms with Crippen molar-refractivity contribution in [2.24, 2.45) is 5.41 Å². The molecular formula is C24H28ClFN4O4. The highest BCUT2D eigenvalue weighted by Crippen LogP contribution is 2.28.